The van der Waals surface area contributed by atoms with Gasteiger partial charge >= 0.3 is 5.97 Å². The number of rotatable bonds is 6. The molecule has 2 rings (SSSR count). The topological polar surface area (TPSA) is 59.5 Å². The first-order chi connectivity index (χ1) is 11.2. The number of carbonyl (C=O) groups excluding carboxylic acids is 2. The summed E-state index contributed by atoms with van der Waals surface area (Å²) < 4.78 is 5.01. The number of esters is 1. The molecule has 1 aliphatic rings. The Balaban J connectivity index is 2.06. The summed E-state index contributed by atoms with van der Waals surface area (Å²) in [4.78, 5) is 30.1. The van der Waals surface area contributed by atoms with Crippen LogP contribution in [0.4, 0.5) is 0 Å². The molecule has 1 heterocycles. The third-order valence-electron chi connectivity index (χ3n) is 4.01. The first-order valence-electron chi connectivity index (χ1n) is 8.25. The van der Waals surface area contributed by atoms with Gasteiger partial charge in [-0.05, 0) is 37.5 Å². The lowest BCUT2D eigenvalue weighted by molar-refractivity contribution is -0.149. The van der Waals surface area contributed by atoms with E-state index in [0.29, 0.717) is 6.61 Å². The summed E-state index contributed by atoms with van der Waals surface area (Å²) in [5.41, 5.74) is 0.862. The van der Waals surface area contributed by atoms with Crippen molar-refractivity contribution in [1.82, 2.24) is 9.88 Å². The fourth-order valence-corrected chi connectivity index (χ4v) is 2.86. The molecule has 1 aromatic heterocycles. The molecule has 1 fully saturated rings. The molecule has 23 heavy (non-hydrogen) atoms. The van der Waals surface area contributed by atoms with E-state index in [1.165, 1.54) is 12.5 Å². The lowest BCUT2D eigenvalue weighted by Crippen LogP contribution is -2.44. The van der Waals surface area contributed by atoms with E-state index in [4.69, 9.17) is 4.74 Å². The van der Waals surface area contributed by atoms with Gasteiger partial charge in [0.15, 0.2) is 0 Å². The minimum atomic E-state index is -0.346. The maximum Gasteiger partial charge on any atom is 0.325 e. The number of carbonyl (C=O) groups is 2. The van der Waals surface area contributed by atoms with Crippen LogP contribution in [-0.2, 0) is 14.3 Å². The molecule has 0 aromatic carbocycles. The Morgan fingerprint density at radius 2 is 2.13 bits per heavy atom. The molecule has 0 aliphatic heterocycles. The lowest BCUT2D eigenvalue weighted by Gasteiger charge is -2.33. The van der Waals surface area contributed by atoms with E-state index in [1.54, 1.807) is 30.3 Å². The average molecular weight is 316 g/mol. The van der Waals surface area contributed by atoms with E-state index in [-0.39, 0.29) is 24.5 Å². The normalized spacial score (nSPS) is 15.5. The lowest BCUT2D eigenvalue weighted by atomic mass is 9.94. The van der Waals surface area contributed by atoms with E-state index in [0.717, 1.165) is 31.2 Å². The molecule has 0 radical (unpaired) electrons. The molecule has 1 amide bonds. The molecule has 0 saturated heterocycles. The maximum atomic E-state index is 12.6. The van der Waals surface area contributed by atoms with Gasteiger partial charge in [-0.25, -0.2) is 0 Å². The summed E-state index contributed by atoms with van der Waals surface area (Å²) in [7, 11) is 0. The first-order valence-corrected chi connectivity index (χ1v) is 8.25. The van der Waals surface area contributed by atoms with Gasteiger partial charge in [-0.3, -0.25) is 14.6 Å². The van der Waals surface area contributed by atoms with Crippen LogP contribution in [0.5, 0.6) is 0 Å². The zero-order valence-corrected chi connectivity index (χ0v) is 13.6. The van der Waals surface area contributed by atoms with Crippen molar-refractivity contribution in [2.45, 2.75) is 45.1 Å². The molecule has 0 N–H and O–H groups in total. The van der Waals surface area contributed by atoms with Gasteiger partial charge in [0.1, 0.15) is 6.54 Å². The van der Waals surface area contributed by atoms with Crippen molar-refractivity contribution >= 4 is 18.0 Å². The fraction of sp³-hybridized carbons (Fsp3) is 0.500. The van der Waals surface area contributed by atoms with Gasteiger partial charge in [0.2, 0.25) is 5.91 Å². The number of hydrogen-bond donors (Lipinski definition) is 0. The van der Waals surface area contributed by atoms with Gasteiger partial charge in [-0.2, -0.15) is 0 Å². The van der Waals surface area contributed by atoms with Gasteiger partial charge in [-0.15, -0.1) is 0 Å². The molecular weight excluding hydrogens is 292 g/mol. The van der Waals surface area contributed by atoms with E-state index in [9.17, 15) is 9.59 Å². The smallest absolute Gasteiger partial charge is 0.325 e. The number of nitrogens with zero attached hydrogens (tertiary/aromatic N) is 2. The van der Waals surface area contributed by atoms with Crippen LogP contribution in [0.25, 0.3) is 6.08 Å². The Morgan fingerprint density at radius 3 is 2.78 bits per heavy atom. The minimum absolute atomic E-state index is 0.0225. The van der Waals surface area contributed by atoms with E-state index in [2.05, 4.69) is 4.98 Å². The van der Waals surface area contributed by atoms with Gasteiger partial charge < -0.3 is 9.64 Å². The maximum absolute atomic E-state index is 12.6. The molecule has 0 bridgehead atoms. The Bertz CT molecular complexity index is 536. The summed E-state index contributed by atoms with van der Waals surface area (Å²) in [6.45, 7) is 2.12. The monoisotopic (exact) mass is 316 g/mol. The van der Waals surface area contributed by atoms with Gasteiger partial charge in [-0.1, -0.05) is 25.3 Å². The number of amides is 1. The van der Waals surface area contributed by atoms with Gasteiger partial charge in [0.05, 0.1) is 6.61 Å². The SMILES string of the molecule is CCOC(=O)CN(C(=O)/C=C/c1cccnc1)C1CCCCC1. The quantitative estimate of drug-likeness (QED) is 0.598. The van der Waals surface area contributed by atoms with Crippen molar-refractivity contribution in [3.8, 4) is 0 Å². The van der Waals surface area contributed by atoms with Crippen LogP contribution in [0, 0.1) is 0 Å². The summed E-state index contributed by atoms with van der Waals surface area (Å²) in [5.74, 6) is -0.491. The molecule has 1 aromatic rings. The number of hydrogen-bond acceptors (Lipinski definition) is 4. The van der Waals surface area contributed by atoms with Crippen molar-refractivity contribution in [3.05, 3.63) is 36.2 Å². The summed E-state index contributed by atoms with van der Waals surface area (Å²) in [5, 5.41) is 0. The van der Waals surface area contributed by atoms with Crippen LogP contribution in [0.1, 0.15) is 44.6 Å². The van der Waals surface area contributed by atoms with Gasteiger partial charge in [0.25, 0.3) is 0 Å². The van der Waals surface area contributed by atoms with Crippen molar-refractivity contribution in [2.75, 3.05) is 13.2 Å². The van der Waals surface area contributed by atoms with E-state index < -0.39 is 0 Å². The van der Waals surface area contributed by atoms with Crippen LogP contribution in [-0.4, -0.2) is 41.0 Å². The third kappa shape index (κ3) is 5.51. The Morgan fingerprint density at radius 1 is 1.35 bits per heavy atom. The minimum Gasteiger partial charge on any atom is -0.465 e. The second-order valence-electron chi connectivity index (χ2n) is 5.68. The van der Waals surface area contributed by atoms with Crippen molar-refractivity contribution in [1.29, 1.82) is 0 Å². The van der Waals surface area contributed by atoms with Crippen LogP contribution >= 0.6 is 0 Å². The van der Waals surface area contributed by atoms with Crippen LogP contribution in [0.2, 0.25) is 0 Å². The highest BCUT2D eigenvalue weighted by atomic mass is 16.5. The van der Waals surface area contributed by atoms with Crippen molar-refractivity contribution < 1.29 is 14.3 Å². The Hall–Kier alpha value is -2.17. The number of aromatic nitrogens is 1. The summed E-state index contributed by atoms with van der Waals surface area (Å²) >= 11 is 0. The zero-order chi connectivity index (χ0) is 16.5. The van der Waals surface area contributed by atoms with E-state index in [1.807, 2.05) is 12.1 Å². The molecule has 5 heteroatoms. The molecular formula is C18H24N2O3. The Kier molecular flexibility index (Phi) is 6.78. The summed E-state index contributed by atoms with van der Waals surface area (Å²) in [6.07, 6.45) is 11.9. The molecule has 124 valence electrons. The largest absolute Gasteiger partial charge is 0.465 e. The first kappa shape index (κ1) is 17.2. The highest BCUT2D eigenvalue weighted by Gasteiger charge is 2.26. The van der Waals surface area contributed by atoms with Crippen molar-refractivity contribution in [3.63, 3.8) is 0 Å². The number of pyridine rings is 1. The average Bonchev–Trinajstić information content (AvgIpc) is 2.59. The molecule has 0 spiro atoms. The Labute approximate surface area is 137 Å². The standard InChI is InChI=1S/C18H24N2O3/c1-2-23-18(22)14-20(16-8-4-3-5-9-16)17(21)11-10-15-7-6-12-19-13-15/h6-7,10-13,16H,2-5,8-9,14H2,1H3/b11-10+. The van der Waals surface area contributed by atoms with E-state index >= 15 is 0 Å². The number of ether oxygens (including phenoxy) is 1. The predicted octanol–water partition coefficient (Wildman–Crippen LogP) is 2.82. The molecule has 5 nitrogen and oxygen atoms in total. The van der Waals surface area contributed by atoms with Crippen molar-refractivity contribution in [2.24, 2.45) is 0 Å². The van der Waals surface area contributed by atoms with Crippen LogP contribution < -0.4 is 0 Å². The highest BCUT2D eigenvalue weighted by molar-refractivity contribution is 5.93. The van der Waals surface area contributed by atoms with Crippen LogP contribution in [0.15, 0.2) is 30.6 Å². The second kappa shape index (κ2) is 9.08. The molecule has 1 aliphatic carbocycles. The van der Waals surface area contributed by atoms with Gasteiger partial charge in [0, 0.05) is 24.5 Å². The molecule has 0 atom stereocenters. The van der Waals surface area contributed by atoms with Crippen LogP contribution in [0.3, 0.4) is 0 Å². The fourth-order valence-electron chi connectivity index (χ4n) is 2.86. The summed E-state index contributed by atoms with van der Waals surface area (Å²) in [6, 6.07) is 3.83. The predicted molar refractivity (Wildman–Crippen MR) is 88.5 cm³/mol. The zero-order valence-electron chi connectivity index (χ0n) is 13.6. The highest BCUT2D eigenvalue weighted by Crippen LogP contribution is 2.23. The molecule has 1 saturated carbocycles. The second-order valence-corrected chi connectivity index (χ2v) is 5.68. The third-order valence-corrected chi connectivity index (χ3v) is 4.01. The molecule has 0 unspecified atom stereocenters.